The SMILES string of the molecule is COCC1(C)CC(=O)NC(=O)C1c1ccccc1Cl. The number of rotatable bonds is 3. The second-order valence-electron chi connectivity index (χ2n) is 5.13. The molecule has 5 heteroatoms. The fourth-order valence-electron chi connectivity index (χ4n) is 2.73. The Morgan fingerprint density at radius 3 is 2.74 bits per heavy atom. The van der Waals surface area contributed by atoms with Crippen LogP contribution in [0.2, 0.25) is 5.02 Å². The van der Waals surface area contributed by atoms with Gasteiger partial charge in [0.1, 0.15) is 0 Å². The van der Waals surface area contributed by atoms with Crippen LogP contribution in [-0.2, 0) is 14.3 Å². The number of ether oxygens (including phenoxy) is 1. The molecule has 0 aromatic heterocycles. The summed E-state index contributed by atoms with van der Waals surface area (Å²) in [7, 11) is 1.56. The Kier molecular flexibility index (Phi) is 3.92. The molecule has 0 aliphatic carbocycles. The molecule has 1 aliphatic rings. The number of piperidine rings is 1. The van der Waals surface area contributed by atoms with Gasteiger partial charge in [0.05, 0.1) is 12.5 Å². The smallest absolute Gasteiger partial charge is 0.234 e. The number of carbonyl (C=O) groups is 2. The van der Waals surface area contributed by atoms with Crippen molar-refractivity contribution >= 4 is 23.4 Å². The van der Waals surface area contributed by atoms with E-state index in [1.807, 2.05) is 25.1 Å². The molecule has 4 nitrogen and oxygen atoms in total. The lowest BCUT2D eigenvalue weighted by molar-refractivity contribution is -0.141. The molecule has 0 radical (unpaired) electrons. The van der Waals surface area contributed by atoms with E-state index in [9.17, 15) is 9.59 Å². The van der Waals surface area contributed by atoms with E-state index in [1.54, 1.807) is 13.2 Å². The van der Waals surface area contributed by atoms with Crippen molar-refractivity contribution in [2.45, 2.75) is 19.3 Å². The molecule has 1 fully saturated rings. The highest BCUT2D eigenvalue weighted by atomic mass is 35.5. The number of nitrogens with one attached hydrogen (secondary N) is 1. The second-order valence-corrected chi connectivity index (χ2v) is 5.54. The predicted octanol–water partition coefficient (Wildman–Crippen LogP) is 2.12. The number of imide groups is 1. The van der Waals surface area contributed by atoms with Crippen molar-refractivity contribution in [3.63, 3.8) is 0 Å². The van der Waals surface area contributed by atoms with Crippen molar-refractivity contribution in [3.8, 4) is 0 Å². The average molecular weight is 282 g/mol. The summed E-state index contributed by atoms with van der Waals surface area (Å²) in [5.41, 5.74) is 0.146. The van der Waals surface area contributed by atoms with Crippen molar-refractivity contribution < 1.29 is 14.3 Å². The Hall–Kier alpha value is -1.39. The van der Waals surface area contributed by atoms with Gasteiger partial charge in [0.25, 0.3) is 0 Å². The Balaban J connectivity index is 2.47. The number of hydrogen-bond acceptors (Lipinski definition) is 3. The normalized spacial score (nSPS) is 27.2. The minimum absolute atomic E-state index is 0.239. The van der Waals surface area contributed by atoms with Gasteiger partial charge in [-0.15, -0.1) is 0 Å². The summed E-state index contributed by atoms with van der Waals surface area (Å²) in [6.07, 6.45) is 0.239. The highest BCUT2D eigenvalue weighted by Crippen LogP contribution is 2.43. The number of hydrogen-bond donors (Lipinski definition) is 1. The summed E-state index contributed by atoms with van der Waals surface area (Å²) in [4.78, 5) is 23.8. The summed E-state index contributed by atoms with van der Waals surface area (Å²) in [6, 6.07) is 7.20. The molecule has 0 bridgehead atoms. The molecule has 19 heavy (non-hydrogen) atoms. The molecule has 1 aromatic rings. The van der Waals surface area contributed by atoms with Gasteiger partial charge in [0.15, 0.2) is 0 Å². The fraction of sp³-hybridized carbons (Fsp3) is 0.429. The van der Waals surface area contributed by atoms with Crippen LogP contribution in [0.1, 0.15) is 24.8 Å². The fourth-order valence-corrected chi connectivity index (χ4v) is 2.97. The third-order valence-electron chi connectivity index (χ3n) is 3.48. The van der Waals surface area contributed by atoms with Gasteiger partial charge in [-0.2, -0.15) is 0 Å². The lowest BCUT2D eigenvalue weighted by Gasteiger charge is -2.39. The number of benzene rings is 1. The number of methoxy groups -OCH3 is 1. The van der Waals surface area contributed by atoms with Crippen LogP contribution in [-0.4, -0.2) is 25.5 Å². The maximum atomic E-state index is 12.2. The van der Waals surface area contributed by atoms with Gasteiger partial charge in [-0.3, -0.25) is 14.9 Å². The first kappa shape index (κ1) is 14.0. The van der Waals surface area contributed by atoms with Gasteiger partial charge in [-0.25, -0.2) is 0 Å². The van der Waals surface area contributed by atoms with E-state index in [-0.39, 0.29) is 18.2 Å². The van der Waals surface area contributed by atoms with Crippen LogP contribution in [0.3, 0.4) is 0 Å². The molecule has 1 aromatic carbocycles. The van der Waals surface area contributed by atoms with E-state index < -0.39 is 11.3 Å². The number of carbonyl (C=O) groups excluding carboxylic acids is 2. The maximum absolute atomic E-state index is 12.2. The monoisotopic (exact) mass is 281 g/mol. The first-order valence-electron chi connectivity index (χ1n) is 6.05. The zero-order valence-corrected chi connectivity index (χ0v) is 11.7. The van der Waals surface area contributed by atoms with E-state index in [0.717, 1.165) is 5.56 Å². The minimum atomic E-state index is -0.584. The van der Waals surface area contributed by atoms with Crippen LogP contribution in [0.25, 0.3) is 0 Å². The minimum Gasteiger partial charge on any atom is -0.384 e. The van der Waals surface area contributed by atoms with Gasteiger partial charge >= 0.3 is 0 Å². The molecular formula is C14H16ClNO3. The van der Waals surface area contributed by atoms with Crippen LogP contribution in [0.15, 0.2) is 24.3 Å². The molecular weight excluding hydrogens is 266 g/mol. The molecule has 2 atom stereocenters. The Bertz CT molecular complexity index is 517. The molecule has 0 spiro atoms. The molecule has 1 N–H and O–H groups in total. The van der Waals surface area contributed by atoms with Crippen LogP contribution < -0.4 is 5.32 Å². The standard InChI is InChI=1S/C14H16ClNO3/c1-14(8-19-2)7-11(17)16-13(18)12(14)9-5-3-4-6-10(9)15/h3-6,12H,7-8H2,1-2H3,(H,16,17,18). The van der Waals surface area contributed by atoms with Crippen LogP contribution in [0, 0.1) is 5.41 Å². The summed E-state index contributed by atoms with van der Waals surface area (Å²) in [5, 5.41) is 2.90. The molecule has 2 rings (SSSR count). The molecule has 1 aliphatic heterocycles. The van der Waals surface area contributed by atoms with Gasteiger partial charge in [0, 0.05) is 24.0 Å². The van der Waals surface area contributed by atoms with Crippen LogP contribution in [0.5, 0.6) is 0 Å². The summed E-state index contributed by atoms with van der Waals surface area (Å²) >= 11 is 6.18. The second kappa shape index (κ2) is 5.31. The lowest BCUT2D eigenvalue weighted by Crippen LogP contribution is -2.51. The van der Waals surface area contributed by atoms with Crippen molar-refractivity contribution in [3.05, 3.63) is 34.9 Å². The van der Waals surface area contributed by atoms with E-state index in [1.165, 1.54) is 0 Å². The van der Waals surface area contributed by atoms with E-state index in [4.69, 9.17) is 16.3 Å². The predicted molar refractivity (Wildman–Crippen MR) is 71.9 cm³/mol. The third kappa shape index (κ3) is 2.65. The largest absolute Gasteiger partial charge is 0.384 e. The number of halogens is 1. The van der Waals surface area contributed by atoms with Crippen molar-refractivity contribution in [1.29, 1.82) is 0 Å². The molecule has 1 saturated heterocycles. The maximum Gasteiger partial charge on any atom is 0.234 e. The lowest BCUT2D eigenvalue weighted by atomic mass is 9.69. The zero-order chi connectivity index (χ0) is 14.0. The quantitative estimate of drug-likeness (QED) is 0.864. The summed E-state index contributed by atoms with van der Waals surface area (Å²) in [6.45, 7) is 2.20. The number of amides is 2. The highest BCUT2D eigenvalue weighted by molar-refractivity contribution is 6.31. The zero-order valence-electron chi connectivity index (χ0n) is 10.9. The highest BCUT2D eigenvalue weighted by Gasteiger charge is 2.46. The van der Waals surface area contributed by atoms with Crippen LogP contribution >= 0.6 is 11.6 Å². The first-order chi connectivity index (χ1) is 8.98. The summed E-state index contributed by atoms with van der Waals surface area (Å²) in [5.74, 6) is -1.07. The molecule has 2 unspecified atom stereocenters. The first-order valence-corrected chi connectivity index (χ1v) is 6.43. The van der Waals surface area contributed by atoms with Gasteiger partial charge in [-0.05, 0) is 11.6 Å². The Morgan fingerprint density at radius 2 is 2.11 bits per heavy atom. The molecule has 1 heterocycles. The van der Waals surface area contributed by atoms with Crippen LogP contribution in [0.4, 0.5) is 0 Å². The summed E-state index contributed by atoms with van der Waals surface area (Å²) < 4.78 is 5.20. The van der Waals surface area contributed by atoms with E-state index in [0.29, 0.717) is 11.6 Å². The van der Waals surface area contributed by atoms with Crippen molar-refractivity contribution in [2.24, 2.45) is 5.41 Å². The topological polar surface area (TPSA) is 55.4 Å². The van der Waals surface area contributed by atoms with E-state index in [2.05, 4.69) is 5.32 Å². The van der Waals surface area contributed by atoms with Gasteiger partial charge in [-0.1, -0.05) is 36.7 Å². The molecule has 102 valence electrons. The van der Waals surface area contributed by atoms with E-state index >= 15 is 0 Å². The molecule has 0 saturated carbocycles. The van der Waals surface area contributed by atoms with Gasteiger partial charge in [0.2, 0.25) is 11.8 Å². The average Bonchev–Trinajstić information content (AvgIpc) is 2.30. The van der Waals surface area contributed by atoms with Crippen molar-refractivity contribution in [2.75, 3.05) is 13.7 Å². The third-order valence-corrected chi connectivity index (χ3v) is 3.82. The van der Waals surface area contributed by atoms with Gasteiger partial charge < -0.3 is 4.74 Å². The molecule has 2 amide bonds. The Labute approximate surface area is 117 Å². The van der Waals surface area contributed by atoms with Crippen molar-refractivity contribution in [1.82, 2.24) is 5.32 Å². The Morgan fingerprint density at radius 1 is 1.42 bits per heavy atom.